The molecule has 2 aliphatic rings. The second-order valence-electron chi connectivity index (χ2n) is 5.37. The van der Waals surface area contributed by atoms with E-state index in [1.165, 1.54) is 0 Å². The number of nitrogens with one attached hydrogen (secondary N) is 2. The Hall–Kier alpha value is -1.56. The van der Waals surface area contributed by atoms with Gasteiger partial charge in [0.25, 0.3) is 0 Å². The third kappa shape index (κ3) is 1.68. The fourth-order valence-corrected chi connectivity index (χ4v) is 3.58. The zero-order chi connectivity index (χ0) is 14.6. The Balaban J connectivity index is 1.97. The van der Waals surface area contributed by atoms with Gasteiger partial charge in [-0.15, -0.1) is 0 Å². The van der Waals surface area contributed by atoms with Gasteiger partial charge in [-0.25, -0.2) is 0 Å². The third-order valence-corrected chi connectivity index (χ3v) is 5.01. The van der Waals surface area contributed by atoms with Crippen LogP contribution in [-0.4, -0.2) is 29.2 Å². The molecule has 0 aliphatic carbocycles. The van der Waals surface area contributed by atoms with Crippen LogP contribution in [0.15, 0.2) is 24.4 Å². The molecule has 1 aromatic carbocycles. The molecule has 3 heterocycles. The summed E-state index contributed by atoms with van der Waals surface area (Å²) in [5, 5.41) is 11.0. The number of aromatic nitrogens is 2. The Morgan fingerprint density at radius 1 is 1.29 bits per heavy atom. The molecule has 1 fully saturated rings. The number of halogens is 2. The lowest BCUT2D eigenvalue weighted by molar-refractivity contribution is -0.121. The fourth-order valence-electron chi connectivity index (χ4n) is 3.26. The molecule has 0 unspecified atom stereocenters. The van der Waals surface area contributed by atoms with E-state index < -0.39 is 5.41 Å². The van der Waals surface area contributed by atoms with Crippen molar-refractivity contribution in [3.8, 4) is 0 Å². The Kier molecular flexibility index (Phi) is 2.79. The molecular formula is C14H12Cl2N4O. The van der Waals surface area contributed by atoms with Crippen molar-refractivity contribution in [2.75, 3.05) is 18.0 Å². The normalized spacial score (nSPS) is 24.1. The number of anilines is 2. The molecule has 1 atom stereocenters. The minimum Gasteiger partial charge on any atom is -0.315 e. The number of hydrogen-bond acceptors (Lipinski definition) is 3. The number of aromatic amines is 1. The minimum atomic E-state index is -0.561. The molecule has 1 aromatic heterocycles. The summed E-state index contributed by atoms with van der Waals surface area (Å²) in [6.07, 6.45) is 2.37. The molecule has 1 saturated heterocycles. The summed E-state index contributed by atoms with van der Waals surface area (Å²) in [6, 6.07) is 5.34. The zero-order valence-corrected chi connectivity index (χ0v) is 12.5. The average molecular weight is 323 g/mol. The molecule has 1 amide bonds. The van der Waals surface area contributed by atoms with Crippen molar-refractivity contribution < 1.29 is 4.79 Å². The predicted octanol–water partition coefficient (Wildman–Crippen LogP) is 2.63. The van der Waals surface area contributed by atoms with Crippen LogP contribution in [0.1, 0.15) is 12.0 Å². The minimum absolute atomic E-state index is 0.0325. The Bertz CT molecular complexity index is 723. The van der Waals surface area contributed by atoms with Crippen molar-refractivity contribution in [2.45, 2.75) is 11.8 Å². The molecule has 7 heteroatoms. The molecule has 21 heavy (non-hydrogen) atoms. The summed E-state index contributed by atoms with van der Waals surface area (Å²) in [5.41, 5.74) is 1.15. The van der Waals surface area contributed by atoms with Crippen LogP contribution >= 0.6 is 23.2 Å². The number of amides is 1. The predicted molar refractivity (Wildman–Crippen MR) is 81.4 cm³/mol. The smallest absolute Gasteiger partial charge is 0.244 e. The van der Waals surface area contributed by atoms with Crippen LogP contribution in [0, 0.1) is 0 Å². The average Bonchev–Trinajstić information content (AvgIpc) is 3.17. The van der Waals surface area contributed by atoms with E-state index in [1.54, 1.807) is 23.2 Å². The second-order valence-corrected chi connectivity index (χ2v) is 6.19. The van der Waals surface area contributed by atoms with Crippen LogP contribution < -0.4 is 10.2 Å². The first-order valence-corrected chi connectivity index (χ1v) is 7.43. The molecule has 5 nitrogen and oxygen atoms in total. The number of benzene rings is 1. The SMILES string of the molecule is O=C1N(c2ccn[nH]2)c2cc(Cl)c(Cl)cc2[C@]12CCNC2. The van der Waals surface area contributed by atoms with Gasteiger partial charge in [-0.1, -0.05) is 23.2 Å². The molecule has 2 N–H and O–H groups in total. The number of carbonyl (C=O) groups is 1. The van der Waals surface area contributed by atoms with E-state index in [0.29, 0.717) is 22.4 Å². The lowest BCUT2D eigenvalue weighted by Crippen LogP contribution is -2.40. The van der Waals surface area contributed by atoms with Crippen molar-refractivity contribution >= 4 is 40.6 Å². The van der Waals surface area contributed by atoms with E-state index >= 15 is 0 Å². The number of H-pyrrole nitrogens is 1. The maximum atomic E-state index is 13.1. The van der Waals surface area contributed by atoms with E-state index in [1.807, 2.05) is 6.07 Å². The van der Waals surface area contributed by atoms with Gasteiger partial charge in [0.05, 0.1) is 27.3 Å². The highest BCUT2D eigenvalue weighted by atomic mass is 35.5. The quantitative estimate of drug-likeness (QED) is 0.848. The fraction of sp³-hybridized carbons (Fsp3) is 0.286. The lowest BCUT2D eigenvalue weighted by atomic mass is 9.81. The van der Waals surface area contributed by atoms with Crippen LogP contribution in [0.25, 0.3) is 0 Å². The molecule has 0 radical (unpaired) electrons. The first-order valence-electron chi connectivity index (χ1n) is 6.68. The summed E-state index contributed by atoms with van der Waals surface area (Å²) < 4.78 is 0. The summed E-state index contributed by atoms with van der Waals surface area (Å²) in [7, 11) is 0. The first kappa shape index (κ1) is 13.1. The van der Waals surface area contributed by atoms with E-state index in [-0.39, 0.29) is 5.91 Å². The van der Waals surface area contributed by atoms with Crippen LogP contribution in [0.3, 0.4) is 0 Å². The van der Waals surface area contributed by atoms with E-state index in [9.17, 15) is 4.79 Å². The topological polar surface area (TPSA) is 61.0 Å². The summed E-state index contributed by atoms with van der Waals surface area (Å²) in [5.74, 6) is 0.675. The van der Waals surface area contributed by atoms with Crippen molar-refractivity contribution in [3.05, 3.63) is 40.0 Å². The summed E-state index contributed by atoms with van der Waals surface area (Å²) in [4.78, 5) is 14.7. The Morgan fingerprint density at radius 2 is 2.10 bits per heavy atom. The molecule has 108 valence electrons. The molecule has 2 aliphatic heterocycles. The van der Waals surface area contributed by atoms with Gasteiger partial charge >= 0.3 is 0 Å². The van der Waals surface area contributed by atoms with Gasteiger partial charge in [-0.05, 0) is 30.7 Å². The first-order chi connectivity index (χ1) is 10.1. The van der Waals surface area contributed by atoms with Gasteiger partial charge in [0.1, 0.15) is 5.82 Å². The largest absolute Gasteiger partial charge is 0.315 e. The van der Waals surface area contributed by atoms with Crippen LogP contribution in [-0.2, 0) is 10.2 Å². The Labute approximate surface area is 131 Å². The number of hydrogen-bond donors (Lipinski definition) is 2. The lowest BCUT2D eigenvalue weighted by Gasteiger charge is -2.21. The van der Waals surface area contributed by atoms with Gasteiger partial charge in [-0.2, -0.15) is 5.10 Å². The second kappa shape index (κ2) is 4.47. The molecule has 4 rings (SSSR count). The maximum absolute atomic E-state index is 13.1. The number of nitrogens with zero attached hydrogens (tertiary/aromatic N) is 2. The van der Waals surface area contributed by atoms with Crippen molar-refractivity contribution in [1.82, 2.24) is 15.5 Å². The summed E-state index contributed by atoms with van der Waals surface area (Å²) >= 11 is 12.3. The van der Waals surface area contributed by atoms with Crippen LogP contribution in [0.2, 0.25) is 10.0 Å². The Morgan fingerprint density at radius 3 is 2.76 bits per heavy atom. The van der Waals surface area contributed by atoms with Gasteiger partial charge in [0.2, 0.25) is 5.91 Å². The van der Waals surface area contributed by atoms with Crippen LogP contribution in [0.5, 0.6) is 0 Å². The number of fused-ring (bicyclic) bond motifs is 2. The van der Waals surface area contributed by atoms with E-state index in [4.69, 9.17) is 23.2 Å². The molecule has 0 saturated carbocycles. The standard InChI is InChI=1S/C14H12Cl2N4O/c15-9-5-8-11(6-10(9)16)20(12-1-3-18-19-12)13(21)14(8)2-4-17-7-14/h1,3,5-6,17H,2,4,7H2,(H,18,19)/t14-/m1/s1. The van der Waals surface area contributed by atoms with E-state index in [2.05, 4.69) is 15.5 Å². The number of rotatable bonds is 1. The zero-order valence-electron chi connectivity index (χ0n) is 11.0. The molecule has 1 spiro atoms. The van der Waals surface area contributed by atoms with Crippen LogP contribution in [0.4, 0.5) is 11.5 Å². The maximum Gasteiger partial charge on any atom is 0.244 e. The molecule has 0 bridgehead atoms. The number of carbonyl (C=O) groups excluding carboxylic acids is 1. The molecule has 2 aromatic rings. The van der Waals surface area contributed by atoms with Crippen molar-refractivity contribution in [1.29, 1.82) is 0 Å². The highest BCUT2D eigenvalue weighted by molar-refractivity contribution is 6.42. The molecular weight excluding hydrogens is 311 g/mol. The third-order valence-electron chi connectivity index (χ3n) is 4.29. The monoisotopic (exact) mass is 322 g/mol. The highest BCUT2D eigenvalue weighted by Crippen LogP contribution is 2.50. The van der Waals surface area contributed by atoms with Gasteiger partial charge in [-0.3, -0.25) is 14.8 Å². The van der Waals surface area contributed by atoms with Gasteiger partial charge in [0.15, 0.2) is 0 Å². The van der Waals surface area contributed by atoms with Crippen molar-refractivity contribution in [3.63, 3.8) is 0 Å². The summed E-state index contributed by atoms with van der Waals surface area (Å²) in [6.45, 7) is 1.42. The van der Waals surface area contributed by atoms with Gasteiger partial charge < -0.3 is 5.32 Å². The highest BCUT2D eigenvalue weighted by Gasteiger charge is 2.53. The van der Waals surface area contributed by atoms with Gasteiger partial charge in [0, 0.05) is 12.6 Å². The van der Waals surface area contributed by atoms with Crippen molar-refractivity contribution in [2.24, 2.45) is 0 Å². The van der Waals surface area contributed by atoms with E-state index in [0.717, 1.165) is 24.2 Å².